The highest BCUT2D eigenvalue weighted by atomic mass is 19.4. The first kappa shape index (κ1) is 18.9. The molecule has 1 saturated heterocycles. The van der Waals surface area contributed by atoms with E-state index in [9.17, 15) is 22.4 Å². The van der Waals surface area contributed by atoms with E-state index >= 15 is 0 Å². The molecule has 0 saturated carbocycles. The van der Waals surface area contributed by atoms with Crippen LogP contribution in [-0.2, 0) is 35.2 Å². The third kappa shape index (κ3) is 3.50. The van der Waals surface area contributed by atoms with Crippen molar-refractivity contribution < 1.29 is 27.1 Å². The molecule has 1 aromatic carbocycles. The number of hydrogen-bond acceptors (Lipinski definition) is 3. The van der Waals surface area contributed by atoms with Crippen LogP contribution in [0.4, 0.5) is 17.6 Å². The summed E-state index contributed by atoms with van der Waals surface area (Å²) in [7, 11) is 0. The van der Waals surface area contributed by atoms with Gasteiger partial charge in [0.25, 0.3) is 0 Å². The molecule has 28 heavy (non-hydrogen) atoms. The third-order valence-electron chi connectivity index (χ3n) is 5.18. The second-order valence-corrected chi connectivity index (χ2v) is 7.03. The van der Waals surface area contributed by atoms with Crippen LogP contribution in [-0.4, -0.2) is 40.3 Å². The summed E-state index contributed by atoms with van der Waals surface area (Å²) in [5.74, 6) is -0.784. The van der Waals surface area contributed by atoms with E-state index in [1.807, 2.05) is 0 Å². The average molecular weight is 397 g/mol. The van der Waals surface area contributed by atoms with Crippen molar-refractivity contribution in [2.75, 3.05) is 19.7 Å². The van der Waals surface area contributed by atoms with Crippen molar-refractivity contribution in [1.29, 1.82) is 0 Å². The maximum Gasteiger partial charge on any atom is 0.435 e. The molecule has 5 nitrogen and oxygen atoms in total. The molecule has 3 heterocycles. The number of nitrogens with zero attached hydrogens (tertiary/aromatic N) is 3. The van der Waals surface area contributed by atoms with Crippen molar-refractivity contribution in [3.63, 3.8) is 0 Å². The maximum absolute atomic E-state index is 14.6. The Kier molecular flexibility index (Phi) is 4.86. The first-order valence-electron chi connectivity index (χ1n) is 9.17. The average Bonchev–Trinajstić information content (AvgIpc) is 3.31. The standard InChI is InChI=1S/C19H19F4N3O2/c20-15-10-13(4-3-12(15)9-17(27)25-6-1-2-7-25)26-16-11-28-8-5-14(16)18(24-26)19(21,22)23/h3-4,10H,1-2,5-9,11H2. The number of carbonyl (C=O) groups excluding carboxylic acids is 1. The third-order valence-corrected chi connectivity index (χ3v) is 5.18. The topological polar surface area (TPSA) is 47.4 Å². The minimum atomic E-state index is -4.59. The molecule has 2 aliphatic rings. The molecule has 0 spiro atoms. The number of likely N-dealkylation sites (tertiary alicyclic amines) is 1. The normalized spacial score (nSPS) is 17.1. The number of carbonyl (C=O) groups is 1. The van der Waals surface area contributed by atoms with Gasteiger partial charge in [0.2, 0.25) is 5.91 Å². The molecule has 0 aliphatic carbocycles. The van der Waals surface area contributed by atoms with Gasteiger partial charge in [0.1, 0.15) is 5.82 Å². The fourth-order valence-electron chi connectivity index (χ4n) is 3.73. The largest absolute Gasteiger partial charge is 0.435 e. The molecule has 4 rings (SSSR count). The predicted molar refractivity (Wildman–Crippen MR) is 91.4 cm³/mol. The number of amides is 1. The van der Waals surface area contributed by atoms with Crippen molar-refractivity contribution >= 4 is 5.91 Å². The van der Waals surface area contributed by atoms with Gasteiger partial charge in [0.15, 0.2) is 5.69 Å². The van der Waals surface area contributed by atoms with E-state index in [-0.39, 0.29) is 54.5 Å². The van der Waals surface area contributed by atoms with Gasteiger partial charge in [0, 0.05) is 18.7 Å². The lowest BCUT2D eigenvalue weighted by atomic mass is 10.1. The first-order valence-corrected chi connectivity index (χ1v) is 9.17. The summed E-state index contributed by atoms with van der Waals surface area (Å²) in [6, 6.07) is 4.04. The van der Waals surface area contributed by atoms with E-state index in [2.05, 4.69) is 5.10 Å². The molecule has 1 fully saturated rings. The van der Waals surface area contributed by atoms with E-state index in [0.717, 1.165) is 23.6 Å². The van der Waals surface area contributed by atoms with Crippen molar-refractivity contribution in [1.82, 2.24) is 14.7 Å². The Bertz CT molecular complexity index is 901. The van der Waals surface area contributed by atoms with Gasteiger partial charge in [-0.25, -0.2) is 9.07 Å². The molecule has 0 unspecified atom stereocenters. The molecule has 0 atom stereocenters. The molecular weight excluding hydrogens is 378 g/mol. The second kappa shape index (κ2) is 7.20. The molecule has 0 bridgehead atoms. The number of ether oxygens (including phenoxy) is 1. The highest BCUT2D eigenvalue weighted by Crippen LogP contribution is 2.35. The van der Waals surface area contributed by atoms with Crippen LogP contribution in [0, 0.1) is 5.82 Å². The summed E-state index contributed by atoms with van der Waals surface area (Å²) in [6.45, 7) is 1.53. The Balaban J connectivity index is 1.64. The van der Waals surface area contributed by atoms with E-state index in [4.69, 9.17) is 4.74 Å². The minimum absolute atomic E-state index is 0.0186. The number of benzene rings is 1. The van der Waals surface area contributed by atoms with Crippen molar-refractivity contribution in [2.45, 2.75) is 38.5 Å². The second-order valence-electron chi connectivity index (χ2n) is 7.03. The Hall–Kier alpha value is -2.42. The Morgan fingerprint density at radius 2 is 1.96 bits per heavy atom. The van der Waals surface area contributed by atoms with E-state index in [1.54, 1.807) is 4.90 Å². The maximum atomic E-state index is 14.6. The van der Waals surface area contributed by atoms with Gasteiger partial charge < -0.3 is 9.64 Å². The van der Waals surface area contributed by atoms with Crippen LogP contribution in [0.5, 0.6) is 0 Å². The zero-order valence-electron chi connectivity index (χ0n) is 15.1. The SMILES string of the molecule is O=C(Cc1ccc(-n2nc(C(F)(F)F)c3c2COCC3)cc1F)N1CCCC1. The van der Waals surface area contributed by atoms with Crippen LogP contribution >= 0.6 is 0 Å². The molecule has 9 heteroatoms. The van der Waals surface area contributed by atoms with Crippen molar-refractivity contribution in [3.8, 4) is 5.69 Å². The molecule has 0 radical (unpaired) electrons. The lowest BCUT2D eigenvalue weighted by Gasteiger charge is -2.17. The number of alkyl halides is 3. The zero-order valence-corrected chi connectivity index (χ0v) is 15.1. The van der Waals surface area contributed by atoms with Gasteiger partial charge >= 0.3 is 6.18 Å². The smallest absolute Gasteiger partial charge is 0.375 e. The Labute approximate surface area is 158 Å². The van der Waals surface area contributed by atoms with E-state index < -0.39 is 17.7 Å². The molecule has 2 aromatic rings. The Morgan fingerprint density at radius 3 is 2.64 bits per heavy atom. The van der Waals surface area contributed by atoms with Gasteiger partial charge in [-0.15, -0.1) is 0 Å². The van der Waals surface area contributed by atoms with Crippen LogP contribution in [0.2, 0.25) is 0 Å². The summed E-state index contributed by atoms with van der Waals surface area (Å²) in [5.41, 5.74) is -0.202. The highest BCUT2D eigenvalue weighted by molar-refractivity contribution is 5.79. The minimum Gasteiger partial charge on any atom is -0.375 e. The fourth-order valence-corrected chi connectivity index (χ4v) is 3.73. The van der Waals surface area contributed by atoms with Crippen LogP contribution in [0.25, 0.3) is 5.69 Å². The van der Waals surface area contributed by atoms with E-state index in [0.29, 0.717) is 13.1 Å². The van der Waals surface area contributed by atoms with Gasteiger partial charge in [-0.3, -0.25) is 4.79 Å². The summed E-state index contributed by atoms with van der Waals surface area (Å²) in [6.07, 6.45) is -2.66. The number of fused-ring (bicyclic) bond motifs is 1. The summed E-state index contributed by atoms with van der Waals surface area (Å²) in [5, 5.41) is 3.70. The molecule has 150 valence electrons. The van der Waals surface area contributed by atoms with Crippen LogP contribution in [0.3, 0.4) is 0 Å². The number of aromatic nitrogens is 2. The van der Waals surface area contributed by atoms with Crippen molar-refractivity contribution in [2.24, 2.45) is 0 Å². The highest BCUT2D eigenvalue weighted by Gasteiger charge is 2.40. The lowest BCUT2D eigenvalue weighted by molar-refractivity contribution is -0.142. The number of rotatable bonds is 3. The molecule has 2 aliphatic heterocycles. The zero-order chi connectivity index (χ0) is 19.9. The quantitative estimate of drug-likeness (QED) is 0.747. The fraction of sp³-hybridized carbons (Fsp3) is 0.474. The number of hydrogen-bond donors (Lipinski definition) is 0. The first-order chi connectivity index (χ1) is 13.3. The lowest BCUT2D eigenvalue weighted by Crippen LogP contribution is -2.29. The van der Waals surface area contributed by atoms with Crippen LogP contribution in [0.15, 0.2) is 18.2 Å². The summed E-state index contributed by atoms with van der Waals surface area (Å²) >= 11 is 0. The van der Waals surface area contributed by atoms with Crippen molar-refractivity contribution in [3.05, 3.63) is 46.5 Å². The summed E-state index contributed by atoms with van der Waals surface area (Å²) in [4.78, 5) is 13.9. The molecule has 0 N–H and O–H groups in total. The van der Waals surface area contributed by atoms with E-state index in [1.165, 1.54) is 12.1 Å². The van der Waals surface area contributed by atoms with Gasteiger partial charge in [-0.1, -0.05) is 6.07 Å². The summed E-state index contributed by atoms with van der Waals surface area (Å²) < 4.78 is 60.9. The van der Waals surface area contributed by atoms with Gasteiger partial charge in [-0.05, 0) is 37.0 Å². The predicted octanol–water partition coefficient (Wildman–Crippen LogP) is 3.27. The van der Waals surface area contributed by atoms with Crippen LogP contribution < -0.4 is 0 Å². The molecule has 1 amide bonds. The Morgan fingerprint density at radius 1 is 1.21 bits per heavy atom. The van der Waals surface area contributed by atoms with Crippen LogP contribution in [0.1, 0.15) is 35.4 Å². The number of halogens is 4. The molecular formula is C19H19F4N3O2. The monoisotopic (exact) mass is 397 g/mol. The molecule has 1 aromatic heterocycles. The van der Waals surface area contributed by atoms with Gasteiger partial charge in [-0.2, -0.15) is 18.3 Å². The van der Waals surface area contributed by atoms with Gasteiger partial charge in [0.05, 0.1) is 31.0 Å².